The molecule has 0 saturated carbocycles. The molecule has 0 amide bonds. The first-order valence-electron chi connectivity index (χ1n) is 6.73. The Labute approximate surface area is 112 Å². The van der Waals surface area contributed by atoms with Crippen molar-refractivity contribution in [1.29, 1.82) is 0 Å². The average molecular weight is 269 g/mol. The van der Waals surface area contributed by atoms with E-state index in [0.717, 1.165) is 38.1 Å². The standard InChI is InChI=1S/C13H23N3OS/c1-4-13-15-11-9-14-7-5-12(11)16(13)10(2)6-8-18(3)17/h10,14H,4-9H2,1-3H3. The van der Waals surface area contributed by atoms with Gasteiger partial charge in [-0.15, -0.1) is 0 Å². The number of aryl methyl sites for hydroxylation is 1. The predicted molar refractivity (Wildman–Crippen MR) is 75.3 cm³/mol. The lowest BCUT2D eigenvalue weighted by Gasteiger charge is -2.21. The van der Waals surface area contributed by atoms with Crippen LogP contribution in [0.2, 0.25) is 0 Å². The minimum atomic E-state index is -0.704. The third-order valence-corrected chi connectivity index (χ3v) is 4.39. The van der Waals surface area contributed by atoms with Gasteiger partial charge in [0.25, 0.3) is 0 Å². The maximum Gasteiger partial charge on any atom is 0.109 e. The molecule has 2 rings (SSSR count). The lowest BCUT2D eigenvalue weighted by Crippen LogP contribution is -2.26. The minimum Gasteiger partial charge on any atom is -0.329 e. The fourth-order valence-corrected chi connectivity index (χ4v) is 3.30. The molecule has 0 spiro atoms. The van der Waals surface area contributed by atoms with E-state index in [1.165, 1.54) is 17.2 Å². The maximum atomic E-state index is 11.2. The zero-order chi connectivity index (χ0) is 13.1. The minimum absolute atomic E-state index is 0.401. The monoisotopic (exact) mass is 269 g/mol. The van der Waals surface area contributed by atoms with Crippen LogP contribution >= 0.6 is 0 Å². The number of rotatable bonds is 5. The molecule has 1 aliphatic rings. The van der Waals surface area contributed by atoms with E-state index in [1.807, 2.05) is 0 Å². The molecule has 1 N–H and O–H groups in total. The molecule has 2 atom stereocenters. The molecule has 0 fully saturated rings. The van der Waals surface area contributed by atoms with Crippen molar-refractivity contribution < 1.29 is 4.21 Å². The first-order valence-corrected chi connectivity index (χ1v) is 8.45. The molecular formula is C13H23N3OS. The molecule has 4 nitrogen and oxygen atoms in total. The van der Waals surface area contributed by atoms with Crippen molar-refractivity contribution in [2.45, 2.75) is 45.7 Å². The third kappa shape index (κ3) is 2.83. The van der Waals surface area contributed by atoms with Crippen LogP contribution in [-0.4, -0.2) is 32.3 Å². The summed E-state index contributed by atoms with van der Waals surface area (Å²) in [5, 5.41) is 3.37. The molecule has 18 heavy (non-hydrogen) atoms. The Bertz CT molecular complexity index is 442. The van der Waals surface area contributed by atoms with Gasteiger partial charge in [0.2, 0.25) is 0 Å². The molecule has 0 aliphatic carbocycles. The molecule has 1 aliphatic heterocycles. The Balaban J connectivity index is 2.24. The SMILES string of the molecule is CCc1nc2c(n1C(C)CCS(C)=O)CCNC2. The van der Waals surface area contributed by atoms with Crippen LogP contribution in [0.5, 0.6) is 0 Å². The van der Waals surface area contributed by atoms with E-state index in [0.29, 0.717) is 6.04 Å². The second kappa shape index (κ2) is 5.97. The van der Waals surface area contributed by atoms with E-state index in [1.54, 1.807) is 6.26 Å². The quantitative estimate of drug-likeness (QED) is 0.879. The summed E-state index contributed by atoms with van der Waals surface area (Å²) in [5.41, 5.74) is 2.60. The summed E-state index contributed by atoms with van der Waals surface area (Å²) < 4.78 is 13.6. The van der Waals surface area contributed by atoms with Crippen LogP contribution in [0.1, 0.15) is 43.5 Å². The van der Waals surface area contributed by atoms with Crippen LogP contribution in [0.3, 0.4) is 0 Å². The Morgan fingerprint density at radius 3 is 3.00 bits per heavy atom. The van der Waals surface area contributed by atoms with Crippen molar-refractivity contribution in [2.75, 3.05) is 18.6 Å². The summed E-state index contributed by atoms with van der Waals surface area (Å²) in [6.45, 7) is 6.30. The van der Waals surface area contributed by atoms with Gasteiger partial charge in [-0.2, -0.15) is 0 Å². The number of aromatic nitrogens is 2. The van der Waals surface area contributed by atoms with Crippen molar-refractivity contribution in [2.24, 2.45) is 0 Å². The molecule has 2 unspecified atom stereocenters. The van der Waals surface area contributed by atoms with Gasteiger partial charge in [0.15, 0.2) is 0 Å². The topological polar surface area (TPSA) is 46.9 Å². The predicted octanol–water partition coefficient (Wildman–Crippen LogP) is 1.42. The van der Waals surface area contributed by atoms with E-state index in [9.17, 15) is 4.21 Å². The highest BCUT2D eigenvalue weighted by Crippen LogP contribution is 2.23. The molecule has 102 valence electrons. The Morgan fingerprint density at radius 2 is 2.33 bits per heavy atom. The number of nitrogens with one attached hydrogen (secondary N) is 1. The van der Waals surface area contributed by atoms with Crippen LogP contribution in [0.4, 0.5) is 0 Å². The average Bonchev–Trinajstić information content (AvgIpc) is 2.74. The van der Waals surface area contributed by atoms with E-state index in [4.69, 9.17) is 4.98 Å². The lowest BCUT2D eigenvalue weighted by atomic mass is 10.1. The van der Waals surface area contributed by atoms with Gasteiger partial charge in [0, 0.05) is 60.5 Å². The number of fused-ring (bicyclic) bond motifs is 1. The lowest BCUT2D eigenvalue weighted by molar-refractivity contribution is 0.483. The fourth-order valence-electron chi connectivity index (χ4n) is 2.62. The van der Waals surface area contributed by atoms with Crippen molar-refractivity contribution in [3.8, 4) is 0 Å². The van der Waals surface area contributed by atoms with Crippen molar-refractivity contribution >= 4 is 10.8 Å². The van der Waals surface area contributed by atoms with Crippen molar-refractivity contribution in [1.82, 2.24) is 14.9 Å². The van der Waals surface area contributed by atoms with E-state index >= 15 is 0 Å². The molecular weight excluding hydrogens is 246 g/mol. The van der Waals surface area contributed by atoms with Gasteiger partial charge in [0.1, 0.15) is 5.82 Å². The number of imidazole rings is 1. The van der Waals surface area contributed by atoms with Gasteiger partial charge in [-0.1, -0.05) is 6.92 Å². The largest absolute Gasteiger partial charge is 0.329 e. The number of hydrogen-bond acceptors (Lipinski definition) is 3. The van der Waals surface area contributed by atoms with Crippen molar-refractivity contribution in [3.63, 3.8) is 0 Å². The number of hydrogen-bond donors (Lipinski definition) is 1. The highest BCUT2D eigenvalue weighted by molar-refractivity contribution is 7.84. The Kier molecular flexibility index (Phi) is 4.56. The van der Waals surface area contributed by atoms with E-state index in [-0.39, 0.29) is 0 Å². The molecule has 0 aromatic carbocycles. The second-order valence-electron chi connectivity index (χ2n) is 4.99. The van der Waals surface area contributed by atoms with Gasteiger partial charge >= 0.3 is 0 Å². The zero-order valence-electron chi connectivity index (χ0n) is 11.5. The Hall–Kier alpha value is -0.680. The summed E-state index contributed by atoms with van der Waals surface area (Å²) >= 11 is 0. The zero-order valence-corrected chi connectivity index (χ0v) is 12.3. The van der Waals surface area contributed by atoms with Crippen LogP contribution < -0.4 is 5.32 Å². The first-order chi connectivity index (χ1) is 8.63. The molecule has 1 aromatic heterocycles. The molecule has 1 aromatic rings. The van der Waals surface area contributed by atoms with Gasteiger partial charge < -0.3 is 9.88 Å². The van der Waals surface area contributed by atoms with E-state index < -0.39 is 10.8 Å². The third-order valence-electron chi connectivity index (χ3n) is 3.58. The maximum absolute atomic E-state index is 11.2. The summed E-state index contributed by atoms with van der Waals surface area (Å²) in [6.07, 6.45) is 4.77. The smallest absolute Gasteiger partial charge is 0.109 e. The van der Waals surface area contributed by atoms with Gasteiger partial charge in [0.05, 0.1) is 5.69 Å². The summed E-state index contributed by atoms with van der Waals surface area (Å²) in [6, 6.07) is 0.401. The molecule has 0 bridgehead atoms. The Morgan fingerprint density at radius 1 is 1.56 bits per heavy atom. The fraction of sp³-hybridized carbons (Fsp3) is 0.769. The van der Waals surface area contributed by atoms with Crippen LogP contribution in [-0.2, 0) is 30.2 Å². The second-order valence-corrected chi connectivity index (χ2v) is 6.54. The van der Waals surface area contributed by atoms with Gasteiger partial charge in [-0.25, -0.2) is 4.98 Å². The highest BCUT2D eigenvalue weighted by atomic mass is 32.2. The van der Waals surface area contributed by atoms with Gasteiger partial charge in [-0.05, 0) is 13.3 Å². The molecule has 0 radical (unpaired) electrons. The summed E-state index contributed by atoms with van der Waals surface area (Å²) in [5.74, 6) is 1.95. The molecule has 2 heterocycles. The number of nitrogens with zero attached hydrogens (tertiary/aromatic N) is 2. The summed E-state index contributed by atoms with van der Waals surface area (Å²) in [7, 11) is -0.704. The van der Waals surface area contributed by atoms with Crippen LogP contribution in [0, 0.1) is 0 Å². The molecule has 0 saturated heterocycles. The summed E-state index contributed by atoms with van der Waals surface area (Å²) in [4.78, 5) is 4.74. The van der Waals surface area contributed by atoms with Crippen LogP contribution in [0.15, 0.2) is 0 Å². The van der Waals surface area contributed by atoms with Crippen molar-refractivity contribution in [3.05, 3.63) is 17.2 Å². The van der Waals surface area contributed by atoms with E-state index in [2.05, 4.69) is 23.7 Å². The van der Waals surface area contributed by atoms with Gasteiger partial charge in [-0.3, -0.25) is 4.21 Å². The highest BCUT2D eigenvalue weighted by Gasteiger charge is 2.21. The van der Waals surface area contributed by atoms with Crippen LogP contribution in [0.25, 0.3) is 0 Å². The normalized spacial score (nSPS) is 18.4. The molecule has 5 heteroatoms. The first kappa shape index (κ1) is 13.7.